The average Bonchev–Trinajstić information content (AvgIpc) is 2.94. The Morgan fingerprint density at radius 3 is 2.41 bits per heavy atom. The molecule has 3 rings (SSSR count). The van der Waals surface area contributed by atoms with E-state index < -0.39 is 29.6 Å². The zero-order valence-corrected chi connectivity index (χ0v) is 24.7. The zero-order chi connectivity index (χ0) is 30.0. The third-order valence-electron chi connectivity index (χ3n) is 7.38. The van der Waals surface area contributed by atoms with Gasteiger partial charge in [0.25, 0.3) is 0 Å². The maximum Gasteiger partial charge on any atom is 0.246 e. The second-order valence-corrected chi connectivity index (χ2v) is 11.1. The summed E-state index contributed by atoms with van der Waals surface area (Å²) >= 11 is 0. The van der Waals surface area contributed by atoms with Crippen LogP contribution in [0.15, 0.2) is 60.7 Å². The second-order valence-electron chi connectivity index (χ2n) is 11.1. The van der Waals surface area contributed by atoms with Gasteiger partial charge in [-0.1, -0.05) is 81.0 Å². The van der Waals surface area contributed by atoms with E-state index in [0.717, 1.165) is 17.5 Å². The van der Waals surface area contributed by atoms with Crippen molar-refractivity contribution < 1.29 is 24.2 Å². The summed E-state index contributed by atoms with van der Waals surface area (Å²) in [5, 5.41) is 20.1. The van der Waals surface area contributed by atoms with Crippen molar-refractivity contribution >= 4 is 23.8 Å². The summed E-state index contributed by atoms with van der Waals surface area (Å²) in [6, 6.07) is 14.2. The number of rotatable bonds is 5. The third kappa shape index (κ3) is 8.90. The molecule has 4 atom stereocenters. The summed E-state index contributed by atoms with van der Waals surface area (Å²) in [6.45, 7) is 7.90. The van der Waals surface area contributed by atoms with E-state index in [1.165, 1.54) is 25.8 Å². The molecule has 1 aliphatic rings. The van der Waals surface area contributed by atoms with Crippen LogP contribution in [0.1, 0.15) is 45.2 Å². The van der Waals surface area contributed by atoms with E-state index in [2.05, 4.69) is 16.0 Å². The SMILES string of the molecule is CCC(C)[C@@H]1NCCOc2ccccc2/C=C/CNC(=O)[C@@H](Cc2ccccc2)NC(=O)[C@H](C(C)(C)O)N(C)C1=O. The molecule has 0 spiro atoms. The number of nitrogens with zero attached hydrogens (tertiary/aromatic N) is 1. The number of ether oxygens (including phenoxy) is 1. The summed E-state index contributed by atoms with van der Waals surface area (Å²) in [5.41, 5.74) is 0.139. The minimum absolute atomic E-state index is 0.0483. The van der Waals surface area contributed by atoms with E-state index in [1.807, 2.05) is 80.6 Å². The van der Waals surface area contributed by atoms with Gasteiger partial charge >= 0.3 is 0 Å². The highest BCUT2D eigenvalue weighted by atomic mass is 16.5. The van der Waals surface area contributed by atoms with Crippen LogP contribution in [-0.2, 0) is 20.8 Å². The van der Waals surface area contributed by atoms with Gasteiger partial charge in [0.2, 0.25) is 17.7 Å². The van der Waals surface area contributed by atoms with Crippen LogP contribution >= 0.6 is 0 Å². The first-order valence-electron chi connectivity index (χ1n) is 14.3. The van der Waals surface area contributed by atoms with Gasteiger partial charge in [-0.25, -0.2) is 0 Å². The Morgan fingerprint density at radius 1 is 1.05 bits per heavy atom. The maximum absolute atomic E-state index is 13.8. The van der Waals surface area contributed by atoms with Crippen LogP contribution in [0.25, 0.3) is 6.08 Å². The lowest BCUT2D eigenvalue weighted by atomic mass is 9.92. The number of para-hydroxylation sites is 1. The molecule has 0 fully saturated rings. The number of hydrogen-bond donors (Lipinski definition) is 4. The minimum atomic E-state index is -1.58. The number of carbonyl (C=O) groups excluding carboxylic acids is 3. The lowest BCUT2D eigenvalue weighted by Crippen LogP contribution is -2.63. The lowest BCUT2D eigenvalue weighted by Gasteiger charge is -2.39. The molecule has 0 radical (unpaired) electrons. The summed E-state index contributed by atoms with van der Waals surface area (Å²) in [5.74, 6) is -0.665. The van der Waals surface area contributed by atoms with E-state index in [1.54, 1.807) is 0 Å². The van der Waals surface area contributed by atoms with Crippen LogP contribution in [0.3, 0.4) is 0 Å². The Balaban J connectivity index is 1.99. The van der Waals surface area contributed by atoms with Gasteiger partial charge in [0.05, 0.1) is 11.6 Å². The number of amides is 3. The monoisotopic (exact) mass is 564 g/mol. The molecule has 3 amide bonds. The van der Waals surface area contributed by atoms with Crippen molar-refractivity contribution in [3.8, 4) is 5.75 Å². The topological polar surface area (TPSA) is 120 Å². The fraction of sp³-hybridized carbons (Fsp3) is 0.469. The molecule has 41 heavy (non-hydrogen) atoms. The molecular weight excluding hydrogens is 520 g/mol. The Hall–Kier alpha value is -3.69. The fourth-order valence-corrected chi connectivity index (χ4v) is 4.99. The number of benzene rings is 2. The average molecular weight is 565 g/mol. The maximum atomic E-state index is 13.8. The number of fused-ring (bicyclic) bond motifs is 1. The molecule has 4 N–H and O–H groups in total. The normalized spacial score (nSPS) is 23.2. The van der Waals surface area contributed by atoms with Gasteiger partial charge in [0.1, 0.15) is 24.4 Å². The molecule has 1 aliphatic heterocycles. The van der Waals surface area contributed by atoms with E-state index in [4.69, 9.17) is 4.74 Å². The van der Waals surface area contributed by atoms with Crippen molar-refractivity contribution in [2.24, 2.45) is 5.92 Å². The molecule has 9 heteroatoms. The van der Waals surface area contributed by atoms with Crippen LogP contribution in [0, 0.1) is 5.92 Å². The Labute approximate surface area is 243 Å². The van der Waals surface area contributed by atoms with Crippen molar-refractivity contribution in [2.45, 2.75) is 64.3 Å². The first kappa shape index (κ1) is 31.8. The van der Waals surface area contributed by atoms with Crippen molar-refractivity contribution in [3.05, 3.63) is 71.8 Å². The summed E-state index contributed by atoms with van der Waals surface area (Å²) in [4.78, 5) is 42.2. The molecule has 0 aliphatic carbocycles. The van der Waals surface area contributed by atoms with E-state index in [9.17, 15) is 19.5 Å². The number of nitrogens with one attached hydrogen (secondary N) is 3. The molecule has 0 saturated heterocycles. The molecule has 1 unspecified atom stereocenters. The van der Waals surface area contributed by atoms with E-state index in [-0.39, 0.29) is 30.7 Å². The molecule has 222 valence electrons. The smallest absolute Gasteiger partial charge is 0.246 e. The van der Waals surface area contributed by atoms with Gasteiger partial charge in [-0.15, -0.1) is 0 Å². The third-order valence-corrected chi connectivity index (χ3v) is 7.38. The molecule has 2 aromatic carbocycles. The fourth-order valence-electron chi connectivity index (χ4n) is 4.99. The number of aliphatic hydroxyl groups is 1. The molecule has 2 aromatic rings. The molecule has 9 nitrogen and oxygen atoms in total. The zero-order valence-electron chi connectivity index (χ0n) is 24.7. The van der Waals surface area contributed by atoms with Gasteiger partial charge in [0, 0.05) is 32.1 Å². The van der Waals surface area contributed by atoms with Gasteiger partial charge in [-0.2, -0.15) is 0 Å². The summed E-state index contributed by atoms with van der Waals surface area (Å²) < 4.78 is 6.02. The predicted molar refractivity (Wildman–Crippen MR) is 160 cm³/mol. The number of hydrogen-bond acceptors (Lipinski definition) is 6. The number of likely N-dealkylation sites (N-methyl/N-ethyl adjacent to an activating group) is 1. The van der Waals surface area contributed by atoms with Crippen LogP contribution in [0.5, 0.6) is 5.75 Å². The predicted octanol–water partition coefficient (Wildman–Crippen LogP) is 2.54. The van der Waals surface area contributed by atoms with Crippen LogP contribution in [-0.4, -0.2) is 78.2 Å². The van der Waals surface area contributed by atoms with Gasteiger partial charge in [-0.3, -0.25) is 14.4 Å². The molecule has 0 bridgehead atoms. The highest BCUT2D eigenvalue weighted by Gasteiger charge is 2.42. The number of carbonyl (C=O) groups is 3. The van der Waals surface area contributed by atoms with Crippen LogP contribution < -0.4 is 20.7 Å². The van der Waals surface area contributed by atoms with E-state index >= 15 is 0 Å². The standard InChI is InChI=1S/C32H44N4O5/c1-6-22(2)27-31(39)36(5)28(32(3,4)40)30(38)35-25(21-23-13-8-7-9-14-23)29(37)34-18-12-16-24-15-10-11-17-26(24)41-20-19-33-27/h7-17,22,25,27-28,33,40H,6,18-21H2,1-5H3,(H,34,37)(H,35,38)/b16-12+/t22?,25-,27+,28-/m1/s1. The Morgan fingerprint density at radius 2 is 1.73 bits per heavy atom. The van der Waals surface area contributed by atoms with Crippen molar-refractivity contribution in [2.75, 3.05) is 26.7 Å². The van der Waals surface area contributed by atoms with Crippen molar-refractivity contribution in [1.29, 1.82) is 0 Å². The van der Waals surface area contributed by atoms with Gasteiger partial charge < -0.3 is 30.7 Å². The van der Waals surface area contributed by atoms with Crippen LogP contribution in [0.4, 0.5) is 0 Å². The Kier molecular flexibility index (Phi) is 11.5. The quantitative estimate of drug-likeness (QED) is 0.443. The Bertz CT molecular complexity index is 1190. The molecule has 0 saturated carbocycles. The summed E-state index contributed by atoms with van der Waals surface area (Å²) in [6.07, 6.45) is 4.67. The first-order chi connectivity index (χ1) is 19.5. The second kappa shape index (κ2) is 14.8. The summed E-state index contributed by atoms with van der Waals surface area (Å²) in [7, 11) is 1.52. The van der Waals surface area contributed by atoms with Gasteiger partial charge in [-0.05, 0) is 31.4 Å². The van der Waals surface area contributed by atoms with E-state index in [0.29, 0.717) is 18.9 Å². The van der Waals surface area contributed by atoms with Gasteiger partial charge in [0.15, 0.2) is 0 Å². The largest absolute Gasteiger partial charge is 0.492 e. The highest BCUT2D eigenvalue weighted by Crippen LogP contribution is 2.21. The van der Waals surface area contributed by atoms with Crippen LogP contribution in [0.2, 0.25) is 0 Å². The molecule has 1 heterocycles. The first-order valence-corrected chi connectivity index (χ1v) is 14.3. The minimum Gasteiger partial charge on any atom is -0.492 e. The molecule has 0 aromatic heterocycles. The van der Waals surface area contributed by atoms with Crippen molar-refractivity contribution in [1.82, 2.24) is 20.9 Å². The van der Waals surface area contributed by atoms with Crippen molar-refractivity contribution in [3.63, 3.8) is 0 Å². The highest BCUT2D eigenvalue weighted by molar-refractivity contribution is 5.94. The molecular formula is C32H44N4O5. The lowest BCUT2D eigenvalue weighted by molar-refractivity contribution is -0.150.